The number of halogens is 3. The SMILES string of the molecule is O=C[C@@H]1C(=O)N[C@](O)(C(F)(F)F)C[C@@H]1c1ccccc1. The minimum atomic E-state index is -5.01. The van der Waals surface area contributed by atoms with Gasteiger partial charge >= 0.3 is 6.18 Å². The zero-order valence-corrected chi connectivity index (χ0v) is 10.2. The number of alkyl halides is 3. The lowest BCUT2D eigenvalue weighted by Crippen LogP contribution is -2.64. The molecule has 1 amide bonds. The molecule has 2 rings (SSSR count). The van der Waals surface area contributed by atoms with Crippen LogP contribution in [0.1, 0.15) is 17.9 Å². The van der Waals surface area contributed by atoms with Crippen molar-refractivity contribution in [2.24, 2.45) is 5.92 Å². The molecule has 4 nitrogen and oxygen atoms in total. The lowest BCUT2D eigenvalue weighted by atomic mass is 9.77. The average molecular weight is 287 g/mol. The zero-order chi connectivity index (χ0) is 15.0. The maximum Gasteiger partial charge on any atom is 0.436 e. The Morgan fingerprint density at radius 3 is 2.40 bits per heavy atom. The summed E-state index contributed by atoms with van der Waals surface area (Å²) < 4.78 is 38.6. The van der Waals surface area contributed by atoms with Gasteiger partial charge < -0.3 is 15.2 Å². The summed E-state index contributed by atoms with van der Waals surface area (Å²) in [6, 6.07) is 7.90. The van der Waals surface area contributed by atoms with Gasteiger partial charge in [0.05, 0.1) is 0 Å². The molecule has 108 valence electrons. The standard InChI is InChI=1S/C13H12F3NO3/c14-13(15,16)12(20)6-9(8-4-2-1-3-5-8)10(7-18)11(19)17-12/h1-5,7,9-10,20H,6H2,(H,17,19)/t9-,10+,12-/m1/s1. The van der Waals surface area contributed by atoms with E-state index in [9.17, 15) is 27.9 Å². The van der Waals surface area contributed by atoms with Crippen molar-refractivity contribution in [2.75, 3.05) is 0 Å². The Morgan fingerprint density at radius 2 is 1.90 bits per heavy atom. The van der Waals surface area contributed by atoms with Crippen molar-refractivity contribution in [1.82, 2.24) is 5.32 Å². The van der Waals surface area contributed by atoms with E-state index in [1.165, 1.54) is 17.4 Å². The number of piperidine rings is 1. The lowest BCUT2D eigenvalue weighted by molar-refractivity contribution is -0.280. The largest absolute Gasteiger partial charge is 0.436 e. The van der Waals surface area contributed by atoms with E-state index in [1.807, 2.05) is 0 Å². The van der Waals surface area contributed by atoms with Crippen LogP contribution in [0.5, 0.6) is 0 Å². The Morgan fingerprint density at radius 1 is 1.30 bits per heavy atom. The van der Waals surface area contributed by atoms with Crippen LogP contribution >= 0.6 is 0 Å². The summed E-state index contributed by atoms with van der Waals surface area (Å²) in [6.07, 6.45) is -5.50. The monoisotopic (exact) mass is 287 g/mol. The van der Waals surface area contributed by atoms with Gasteiger partial charge in [-0.15, -0.1) is 0 Å². The van der Waals surface area contributed by atoms with Crippen LogP contribution in [0.4, 0.5) is 13.2 Å². The Labute approximate surface area is 112 Å². The summed E-state index contributed by atoms with van der Waals surface area (Å²) in [4.78, 5) is 22.7. The van der Waals surface area contributed by atoms with E-state index in [0.717, 1.165) is 0 Å². The summed E-state index contributed by atoms with van der Waals surface area (Å²) in [6.45, 7) is 0. The van der Waals surface area contributed by atoms with Crippen molar-refractivity contribution in [3.8, 4) is 0 Å². The van der Waals surface area contributed by atoms with Gasteiger partial charge in [-0.25, -0.2) is 0 Å². The molecule has 1 aromatic carbocycles. The smallest absolute Gasteiger partial charge is 0.363 e. The van der Waals surface area contributed by atoms with Crippen LogP contribution in [0.15, 0.2) is 30.3 Å². The number of aliphatic hydroxyl groups is 1. The molecule has 1 aliphatic rings. The fourth-order valence-corrected chi connectivity index (χ4v) is 2.33. The highest BCUT2D eigenvalue weighted by molar-refractivity contribution is 5.94. The third-order valence-electron chi connectivity index (χ3n) is 3.42. The number of nitrogens with one attached hydrogen (secondary N) is 1. The second-order valence-corrected chi connectivity index (χ2v) is 4.73. The van der Waals surface area contributed by atoms with Crippen LogP contribution in [0.2, 0.25) is 0 Å². The average Bonchev–Trinajstić information content (AvgIpc) is 2.38. The molecule has 0 bridgehead atoms. The number of benzene rings is 1. The second-order valence-electron chi connectivity index (χ2n) is 4.73. The first kappa shape index (κ1) is 14.5. The fraction of sp³-hybridized carbons (Fsp3) is 0.385. The van der Waals surface area contributed by atoms with Crippen molar-refractivity contribution in [1.29, 1.82) is 0 Å². The van der Waals surface area contributed by atoms with E-state index in [-0.39, 0.29) is 0 Å². The number of aldehydes is 1. The summed E-state index contributed by atoms with van der Waals surface area (Å²) in [7, 11) is 0. The molecule has 1 fully saturated rings. The van der Waals surface area contributed by atoms with Crippen LogP contribution in [0, 0.1) is 5.92 Å². The van der Waals surface area contributed by atoms with Crippen LogP contribution < -0.4 is 5.32 Å². The topological polar surface area (TPSA) is 66.4 Å². The van der Waals surface area contributed by atoms with Gasteiger partial charge in [0.25, 0.3) is 0 Å². The molecule has 0 radical (unpaired) electrons. The predicted molar refractivity (Wildman–Crippen MR) is 62.5 cm³/mol. The van der Waals surface area contributed by atoms with Crippen molar-refractivity contribution in [2.45, 2.75) is 24.2 Å². The molecule has 1 aliphatic heterocycles. The van der Waals surface area contributed by atoms with Crippen molar-refractivity contribution >= 4 is 12.2 Å². The van der Waals surface area contributed by atoms with Gasteiger partial charge in [0.1, 0.15) is 12.2 Å². The molecule has 2 N–H and O–H groups in total. The van der Waals surface area contributed by atoms with E-state index >= 15 is 0 Å². The molecule has 0 aliphatic carbocycles. The molecule has 0 unspecified atom stereocenters. The molecular formula is C13H12F3NO3. The number of rotatable bonds is 2. The van der Waals surface area contributed by atoms with Crippen molar-refractivity contribution < 1.29 is 27.9 Å². The van der Waals surface area contributed by atoms with Gasteiger partial charge in [-0.1, -0.05) is 30.3 Å². The van der Waals surface area contributed by atoms with Crippen LogP contribution in [-0.2, 0) is 9.59 Å². The zero-order valence-electron chi connectivity index (χ0n) is 10.2. The molecular weight excluding hydrogens is 275 g/mol. The Hall–Kier alpha value is -1.89. The van der Waals surface area contributed by atoms with Gasteiger partial charge in [-0.05, 0) is 5.56 Å². The Bertz CT molecular complexity index is 517. The normalized spacial score (nSPS) is 30.7. The van der Waals surface area contributed by atoms with E-state index < -0.39 is 36.1 Å². The van der Waals surface area contributed by atoms with Crippen molar-refractivity contribution in [3.63, 3.8) is 0 Å². The van der Waals surface area contributed by atoms with E-state index in [0.29, 0.717) is 11.8 Å². The van der Waals surface area contributed by atoms with Crippen LogP contribution in [-0.4, -0.2) is 29.2 Å². The summed E-state index contributed by atoms with van der Waals surface area (Å²) in [5.74, 6) is -3.39. The highest BCUT2D eigenvalue weighted by atomic mass is 19.4. The van der Waals surface area contributed by atoms with Gasteiger partial charge in [0.2, 0.25) is 11.6 Å². The molecule has 1 heterocycles. The number of hydrogen-bond acceptors (Lipinski definition) is 3. The summed E-state index contributed by atoms with van der Waals surface area (Å²) >= 11 is 0. The highest BCUT2D eigenvalue weighted by Gasteiger charge is 2.60. The second kappa shape index (κ2) is 4.90. The molecule has 0 aromatic heterocycles. The van der Waals surface area contributed by atoms with E-state index in [2.05, 4.69) is 0 Å². The summed E-state index contributed by atoms with van der Waals surface area (Å²) in [5.41, 5.74) is -2.91. The minimum Gasteiger partial charge on any atom is -0.363 e. The number of hydrogen-bond donors (Lipinski definition) is 2. The molecule has 7 heteroatoms. The van der Waals surface area contributed by atoms with E-state index in [1.54, 1.807) is 18.2 Å². The third kappa shape index (κ3) is 2.40. The van der Waals surface area contributed by atoms with Crippen LogP contribution in [0.25, 0.3) is 0 Å². The van der Waals surface area contributed by atoms with Gasteiger partial charge in [-0.3, -0.25) is 4.79 Å². The predicted octanol–water partition coefficient (Wildman–Crippen LogP) is 1.36. The molecule has 1 aromatic rings. The quantitative estimate of drug-likeness (QED) is 0.637. The molecule has 0 saturated carbocycles. The minimum absolute atomic E-state index is 0.308. The molecule has 20 heavy (non-hydrogen) atoms. The Balaban J connectivity index is 2.42. The first-order valence-corrected chi connectivity index (χ1v) is 5.90. The third-order valence-corrected chi connectivity index (χ3v) is 3.42. The molecule has 3 atom stereocenters. The maximum absolute atomic E-state index is 12.9. The summed E-state index contributed by atoms with van der Waals surface area (Å²) in [5, 5.41) is 11.1. The Kier molecular flexibility index (Phi) is 3.56. The number of carbonyl (C=O) groups excluding carboxylic acids is 2. The lowest BCUT2D eigenvalue weighted by Gasteiger charge is -2.40. The van der Waals surface area contributed by atoms with Gasteiger partial charge in [-0.2, -0.15) is 13.2 Å². The van der Waals surface area contributed by atoms with Gasteiger partial charge in [0, 0.05) is 12.3 Å². The maximum atomic E-state index is 12.9. The highest BCUT2D eigenvalue weighted by Crippen LogP contribution is 2.42. The number of carbonyl (C=O) groups is 2. The number of amides is 1. The molecule has 0 spiro atoms. The van der Waals surface area contributed by atoms with Gasteiger partial charge in [0.15, 0.2) is 0 Å². The fourth-order valence-electron chi connectivity index (χ4n) is 2.33. The first-order chi connectivity index (χ1) is 9.28. The first-order valence-electron chi connectivity index (χ1n) is 5.90. The van der Waals surface area contributed by atoms with E-state index in [4.69, 9.17) is 0 Å². The van der Waals surface area contributed by atoms with Crippen LogP contribution in [0.3, 0.4) is 0 Å². The molecule has 1 saturated heterocycles. The van der Waals surface area contributed by atoms with Crippen molar-refractivity contribution in [3.05, 3.63) is 35.9 Å².